The van der Waals surface area contributed by atoms with Gasteiger partial charge in [-0.2, -0.15) is 0 Å². The van der Waals surface area contributed by atoms with Gasteiger partial charge in [0.25, 0.3) is 0 Å². The Morgan fingerprint density at radius 1 is 1.04 bits per heavy atom. The van der Waals surface area contributed by atoms with Crippen LogP contribution in [0.2, 0.25) is 10.0 Å². The lowest BCUT2D eigenvalue weighted by Crippen LogP contribution is -2.04. The molecule has 0 amide bonds. The third-order valence-corrected chi connectivity index (χ3v) is 5.66. The van der Waals surface area contributed by atoms with Crippen LogP contribution in [0, 0.1) is 11.6 Å². The Hall–Kier alpha value is -1.96. The first kappa shape index (κ1) is 18.8. The molecule has 0 spiro atoms. The molecule has 0 saturated carbocycles. The molecule has 4 nitrogen and oxygen atoms in total. The van der Waals surface area contributed by atoms with E-state index in [-0.39, 0.29) is 33.4 Å². The number of sulfone groups is 1. The van der Waals surface area contributed by atoms with Crippen LogP contribution < -0.4 is 0 Å². The second-order valence-electron chi connectivity index (χ2n) is 5.59. The van der Waals surface area contributed by atoms with Gasteiger partial charge in [-0.15, -0.1) is 0 Å². The topological polar surface area (TPSA) is 60.4 Å². The quantitative estimate of drug-likeness (QED) is 0.702. The average Bonchev–Trinajstić information content (AvgIpc) is 2.92. The molecule has 0 fully saturated rings. The van der Waals surface area contributed by atoms with Gasteiger partial charge in [0.05, 0.1) is 15.6 Å². The first-order valence-electron chi connectivity index (χ1n) is 7.14. The Balaban J connectivity index is 2.23. The first-order chi connectivity index (χ1) is 12.1. The number of ether oxygens (including phenoxy) is 1. The second kappa shape index (κ2) is 6.64. The minimum atomic E-state index is -3.94. The summed E-state index contributed by atoms with van der Waals surface area (Å²) in [7, 11) is -3.94. The Morgan fingerprint density at radius 3 is 2.35 bits per heavy atom. The highest BCUT2D eigenvalue weighted by atomic mass is 35.5. The number of rotatable bonds is 3. The van der Waals surface area contributed by atoms with Crippen molar-refractivity contribution in [2.24, 2.45) is 0 Å². The molecule has 0 atom stereocenters. The normalized spacial score (nSPS) is 14.7. The van der Waals surface area contributed by atoms with Crippen LogP contribution in [0.5, 0.6) is 0 Å². The molecule has 3 rings (SSSR count). The van der Waals surface area contributed by atoms with Crippen LogP contribution in [0.15, 0.2) is 35.2 Å². The van der Waals surface area contributed by atoms with Gasteiger partial charge in [-0.05, 0) is 29.8 Å². The van der Waals surface area contributed by atoms with Crippen molar-refractivity contribution in [3.63, 3.8) is 0 Å². The Kier molecular flexibility index (Phi) is 4.81. The minimum absolute atomic E-state index is 0.00831. The molecule has 0 aromatic heterocycles. The summed E-state index contributed by atoms with van der Waals surface area (Å²) < 4.78 is 56.7. The first-order valence-corrected chi connectivity index (χ1v) is 9.79. The number of benzene rings is 2. The summed E-state index contributed by atoms with van der Waals surface area (Å²) in [5, 5.41) is 0.438. The van der Waals surface area contributed by atoms with E-state index in [1.165, 1.54) is 18.2 Å². The van der Waals surface area contributed by atoms with E-state index in [4.69, 9.17) is 27.9 Å². The summed E-state index contributed by atoms with van der Waals surface area (Å²) in [5.74, 6) is -2.84. The smallest absolute Gasteiger partial charge is 0.339 e. The fourth-order valence-corrected chi connectivity index (χ4v) is 3.63. The zero-order valence-corrected chi connectivity index (χ0v) is 15.5. The second-order valence-corrected chi connectivity index (χ2v) is 8.39. The molecule has 0 aliphatic carbocycles. The van der Waals surface area contributed by atoms with Crippen molar-refractivity contribution < 1.29 is 26.7 Å². The standard InChI is InChI=1S/C17H10Cl2F2O4S/c1-26(23,24)15-6-13(20)9(5-14(15)21)10-7-25-17(22)16(10)8-2-3-11(18)12(19)4-8/h2-6H,7H2,1H3. The maximum absolute atomic E-state index is 14.5. The molecule has 0 saturated heterocycles. The van der Waals surface area contributed by atoms with Crippen LogP contribution in [0.4, 0.5) is 8.78 Å². The molecule has 2 aromatic carbocycles. The molecule has 1 heterocycles. The number of esters is 1. The van der Waals surface area contributed by atoms with Crippen molar-refractivity contribution in [2.45, 2.75) is 4.90 Å². The Morgan fingerprint density at radius 2 is 1.73 bits per heavy atom. The molecule has 9 heteroatoms. The SMILES string of the molecule is CS(=O)(=O)c1cc(F)c(C2=C(c3ccc(Cl)c(Cl)c3)C(=O)OC2)cc1F. The van der Waals surface area contributed by atoms with Crippen LogP contribution in [0.1, 0.15) is 11.1 Å². The molecular formula is C17H10Cl2F2O4S. The molecule has 0 bridgehead atoms. The van der Waals surface area contributed by atoms with Crippen molar-refractivity contribution in [2.75, 3.05) is 12.9 Å². The van der Waals surface area contributed by atoms with Gasteiger partial charge in [0.15, 0.2) is 9.84 Å². The van der Waals surface area contributed by atoms with Gasteiger partial charge in [0.1, 0.15) is 23.1 Å². The zero-order chi connectivity index (χ0) is 19.2. The van der Waals surface area contributed by atoms with Crippen molar-refractivity contribution in [3.05, 3.63) is 63.1 Å². The van der Waals surface area contributed by atoms with Crippen LogP contribution in [0.3, 0.4) is 0 Å². The lowest BCUT2D eigenvalue weighted by atomic mass is 9.96. The van der Waals surface area contributed by atoms with Crippen LogP contribution >= 0.6 is 23.2 Å². The molecule has 0 radical (unpaired) electrons. The van der Waals surface area contributed by atoms with Gasteiger partial charge < -0.3 is 4.74 Å². The average molecular weight is 419 g/mol. The molecule has 26 heavy (non-hydrogen) atoms. The molecular weight excluding hydrogens is 409 g/mol. The van der Waals surface area contributed by atoms with E-state index in [1.807, 2.05) is 0 Å². The van der Waals surface area contributed by atoms with E-state index in [9.17, 15) is 22.0 Å². The predicted molar refractivity (Wildman–Crippen MR) is 93.7 cm³/mol. The van der Waals surface area contributed by atoms with Gasteiger partial charge in [-0.3, -0.25) is 0 Å². The highest BCUT2D eigenvalue weighted by Crippen LogP contribution is 2.37. The number of carbonyl (C=O) groups is 1. The minimum Gasteiger partial charge on any atom is -0.457 e. The van der Waals surface area contributed by atoms with Crippen molar-refractivity contribution in [3.8, 4) is 0 Å². The fourth-order valence-electron chi connectivity index (χ4n) is 2.61. The fraction of sp³-hybridized carbons (Fsp3) is 0.118. The third-order valence-electron chi connectivity index (χ3n) is 3.81. The summed E-state index contributed by atoms with van der Waals surface area (Å²) in [6.07, 6.45) is 0.771. The van der Waals surface area contributed by atoms with Gasteiger partial charge >= 0.3 is 5.97 Å². The van der Waals surface area contributed by atoms with Crippen LogP contribution in [-0.2, 0) is 19.4 Å². The van der Waals surface area contributed by atoms with Crippen LogP contribution in [-0.4, -0.2) is 27.2 Å². The lowest BCUT2D eigenvalue weighted by molar-refractivity contribution is -0.133. The van der Waals surface area contributed by atoms with Gasteiger partial charge in [-0.1, -0.05) is 29.3 Å². The summed E-state index contributed by atoms with van der Waals surface area (Å²) in [6, 6.07) is 5.68. The lowest BCUT2D eigenvalue weighted by Gasteiger charge is -2.09. The van der Waals surface area contributed by atoms with Gasteiger partial charge in [0, 0.05) is 17.4 Å². The van der Waals surface area contributed by atoms with Crippen molar-refractivity contribution >= 4 is 50.2 Å². The van der Waals surface area contributed by atoms with Gasteiger partial charge in [-0.25, -0.2) is 22.0 Å². The summed E-state index contributed by atoms with van der Waals surface area (Å²) in [4.78, 5) is 11.3. The van der Waals surface area contributed by atoms with E-state index < -0.39 is 32.3 Å². The number of halogens is 4. The van der Waals surface area contributed by atoms with Crippen molar-refractivity contribution in [1.29, 1.82) is 0 Å². The summed E-state index contributed by atoms with van der Waals surface area (Å²) in [6.45, 7) is -0.289. The molecule has 1 aliphatic rings. The molecule has 136 valence electrons. The maximum atomic E-state index is 14.5. The van der Waals surface area contributed by atoms with Crippen molar-refractivity contribution in [1.82, 2.24) is 0 Å². The van der Waals surface area contributed by atoms with Crippen LogP contribution in [0.25, 0.3) is 11.1 Å². The van der Waals surface area contributed by atoms with E-state index in [0.717, 1.165) is 12.3 Å². The largest absolute Gasteiger partial charge is 0.457 e. The number of carbonyl (C=O) groups excluding carboxylic acids is 1. The highest BCUT2D eigenvalue weighted by Gasteiger charge is 2.30. The summed E-state index contributed by atoms with van der Waals surface area (Å²) >= 11 is 11.8. The number of hydrogen-bond acceptors (Lipinski definition) is 4. The number of cyclic esters (lactones) is 1. The zero-order valence-electron chi connectivity index (χ0n) is 13.1. The summed E-state index contributed by atoms with van der Waals surface area (Å²) in [5.41, 5.74) is 0.157. The Bertz CT molecular complexity index is 1080. The third kappa shape index (κ3) is 3.34. The van der Waals surface area contributed by atoms with Gasteiger partial charge in [0.2, 0.25) is 0 Å². The van der Waals surface area contributed by atoms with E-state index in [1.54, 1.807) is 0 Å². The van der Waals surface area contributed by atoms with E-state index >= 15 is 0 Å². The number of hydrogen-bond donors (Lipinski definition) is 0. The predicted octanol–water partition coefficient (Wildman–Crippen LogP) is 4.14. The van der Waals surface area contributed by atoms with E-state index in [0.29, 0.717) is 11.6 Å². The van der Waals surface area contributed by atoms with E-state index in [2.05, 4.69) is 0 Å². The molecule has 1 aliphatic heterocycles. The highest BCUT2D eigenvalue weighted by molar-refractivity contribution is 7.90. The maximum Gasteiger partial charge on any atom is 0.339 e. The monoisotopic (exact) mass is 418 g/mol. The Labute approximate surface area is 157 Å². The molecule has 0 unspecified atom stereocenters. The molecule has 0 N–H and O–H groups in total. The molecule has 2 aromatic rings.